The second kappa shape index (κ2) is 7.56. The fourth-order valence-corrected chi connectivity index (χ4v) is 2.35. The van der Waals surface area contributed by atoms with Crippen LogP contribution in [0.15, 0.2) is 48.5 Å². The van der Waals surface area contributed by atoms with Gasteiger partial charge in [0, 0.05) is 11.8 Å². The molecule has 0 bridgehead atoms. The van der Waals surface area contributed by atoms with Gasteiger partial charge in [0.15, 0.2) is 5.78 Å². The van der Waals surface area contributed by atoms with Crippen LogP contribution in [0.25, 0.3) is 0 Å². The van der Waals surface area contributed by atoms with E-state index in [4.69, 9.17) is 4.74 Å². The number of ketones is 1. The van der Waals surface area contributed by atoms with Crippen molar-refractivity contribution in [2.75, 3.05) is 12.4 Å². The van der Waals surface area contributed by atoms with Crippen LogP contribution in [-0.4, -0.2) is 29.0 Å². The van der Waals surface area contributed by atoms with Gasteiger partial charge < -0.3 is 15.2 Å². The standard InChI is InChI=1S/C17H18N2O5/c1-11(20)17(21)16(14-5-3-4-6-15(14)19(22)23)18-12-7-9-13(24-2)10-8-12/h3-10,16-18,21H,1-2H3/t16-,17+/m1/s1. The van der Waals surface area contributed by atoms with E-state index in [9.17, 15) is 20.0 Å². The predicted molar refractivity (Wildman–Crippen MR) is 89.1 cm³/mol. The molecule has 126 valence electrons. The molecule has 0 radical (unpaired) electrons. The van der Waals surface area contributed by atoms with Gasteiger partial charge in [-0.2, -0.15) is 0 Å². The number of anilines is 1. The number of rotatable bonds is 7. The second-order valence-electron chi connectivity index (χ2n) is 5.22. The van der Waals surface area contributed by atoms with Crippen LogP contribution in [0, 0.1) is 10.1 Å². The average molecular weight is 330 g/mol. The molecule has 2 aromatic carbocycles. The monoisotopic (exact) mass is 330 g/mol. The van der Waals surface area contributed by atoms with Crippen LogP contribution in [0.5, 0.6) is 5.75 Å². The Bertz CT molecular complexity index is 730. The topological polar surface area (TPSA) is 102 Å². The van der Waals surface area contributed by atoms with E-state index in [1.165, 1.54) is 32.2 Å². The van der Waals surface area contributed by atoms with Crippen molar-refractivity contribution < 1.29 is 19.6 Å². The number of hydrogen-bond donors (Lipinski definition) is 2. The molecule has 2 rings (SSSR count). The molecule has 2 N–H and O–H groups in total. The minimum Gasteiger partial charge on any atom is -0.497 e. The molecule has 7 nitrogen and oxygen atoms in total. The largest absolute Gasteiger partial charge is 0.497 e. The van der Waals surface area contributed by atoms with E-state index >= 15 is 0 Å². The first kappa shape index (κ1) is 17.4. The quantitative estimate of drug-likeness (QED) is 0.598. The smallest absolute Gasteiger partial charge is 0.274 e. The van der Waals surface area contributed by atoms with Crippen LogP contribution in [0.2, 0.25) is 0 Å². The Balaban J connectivity index is 2.41. The molecule has 0 saturated heterocycles. The minimum absolute atomic E-state index is 0.163. The van der Waals surface area contributed by atoms with E-state index < -0.39 is 22.9 Å². The lowest BCUT2D eigenvalue weighted by molar-refractivity contribution is -0.385. The van der Waals surface area contributed by atoms with Gasteiger partial charge in [-0.15, -0.1) is 0 Å². The van der Waals surface area contributed by atoms with Crippen LogP contribution in [0.4, 0.5) is 11.4 Å². The summed E-state index contributed by atoms with van der Waals surface area (Å²) in [6.45, 7) is 1.24. The summed E-state index contributed by atoms with van der Waals surface area (Å²) in [6, 6.07) is 11.9. The third kappa shape index (κ3) is 3.88. The minimum atomic E-state index is -1.42. The summed E-state index contributed by atoms with van der Waals surface area (Å²) in [5.41, 5.74) is 0.670. The number of methoxy groups -OCH3 is 1. The van der Waals surface area contributed by atoms with Crippen molar-refractivity contribution in [2.45, 2.75) is 19.1 Å². The number of aliphatic hydroxyl groups is 1. The van der Waals surface area contributed by atoms with E-state index in [0.29, 0.717) is 11.4 Å². The zero-order valence-electron chi connectivity index (χ0n) is 13.3. The third-order valence-electron chi connectivity index (χ3n) is 3.61. The summed E-state index contributed by atoms with van der Waals surface area (Å²) < 4.78 is 5.07. The van der Waals surface area contributed by atoms with E-state index in [-0.39, 0.29) is 11.3 Å². The van der Waals surface area contributed by atoms with Crippen LogP contribution < -0.4 is 10.1 Å². The number of carbonyl (C=O) groups excluding carboxylic acids is 1. The van der Waals surface area contributed by atoms with Crippen LogP contribution in [-0.2, 0) is 4.79 Å². The van der Waals surface area contributed by atoms with Crippen molar-refractivity contribution in [1.82, 2.24) is 0 Å². The molecule has 2 aromatic rings. The van der Waals surface area contributed by atoms with E-state index in [1.54, 1.807) is 30.3 Å². The molecule has 0 saturated carbocycles. The van der Waals surface area contributed by atoms with Gasteiger partial charge in [0.05, 0.1) is 23.6 Å². The first-order valence-electron chi connectivity index (χ1n) is 7.26. The number of nitro benzene ring substituents is 1. The molecule has 24 heavy (non-hydrogen) atoms. The summed E-state index contributed by atoms with van der Waals surface area (Å²) in [5, 5.41) is 24.5. The van der Waals surface area contributed by atoms with Gasteiger partial charge >= 0.3 is 0 Å². The predicted octanol–water partition coefficient (Wildman–Crippen LogP) is 2.71. The number of ether oxygens (including phenoxy) is 1. The molecule has 0 aliphatic rings. The third-order valence-corrected chi connectivity index (χ3v) is 3.61. The Morgan fingerprint density at radius 3 is 2.38 bits per heavy atom. The van der Waals surface area contributed by atoms with Gasteiger partial charge in [0.25, 0.3) is 5.69 Å². The Kier molecular flexibility index (Phi) is 5.49. The highest BCUT2D eigenvalue weighted by molar-refractivity contribution is 5.82. The Morgan fingerprint density at radius 1 is 1.21 bits per heavy atom. The van der Waals surface area contributed by atoms with E-state index in [0.717, 1.165) is 0 Å². The number of Topliss-reactive ketones (excluding diaryl/α,β-unsaturated/α-hetero) is 1. The lowest BCUT2D eigenvalue weighted by atomic mass is 9.97. The Labute approximate surface area is 139 Å². The molecule has 0 aromatic heterocycles. The summed E-state index contributed by atoms with van der Waals surface area (Å²) >= 11 is 0. The van der Waals surface area contributed by atoms with Gasteiger partial charge in [-0.05, 0) is 37.3 Å². The molecule has 0 aliphatic heterocycles. The highest BCUT2D eigenvalue weighted by atomic mass is 16.6. The summed E-state index contributed by atoms with van der Waals surface area (Å²) in [7, 11) is 1.54. The number of aliphatic hydroxyl groups excluding tert-OH is 1. The van der Waals surface area contributed by atoms with Crippen molar-refractivity contribution in [2.24, 2.45) is 0 Å². The number of benzene rings is 2. The molecule has 0 aliphatic carbocycles. The lowest BCUT2D eigenvalue weighted by Crippen LogP contribution is -2.31. The van der Waals surface area contributed by atoms with Gasteiger partial charge in [-0.1, -0.05) is 12.1 Å². The molecule has 2 atom stereocenters. The summed E-state index contributed by atoms with van der Waals surface area (Å²) in [6.07, 6.45) is -1.42. The molecule has 7 heteroatoms. The van der Waals surface area contributed by atoms with Crippen molar-refractivity contribution in [3.63, 3.8) is 0 Å². The van der Waals surface area contributed by atoms with E-state index in [2.05, 4.69) is 5.32 Å². The molecule has 0 heterocycles. The van der Waals surface area contributed by atoms with E-state index in [1.807, 2.05) is 0 Å². The van der Waals surface area contributed by atoms with Crippen LogP contribution in [0.1, 0.15) is 18.5 Å². The highest BCUT2D eigenvalue weighted by Gasteiger charge is 2.30. The van der Waals surface area contributed by atoms with Crippen molar-refractivity contribution in [1.29, 1.82) is 0 Å². The number of hydrogen-bond acceptors (Lipinski definition) is 6. The fourth-order valence-electron chi connectivity index (χ4n) is 2.35. The number of para-hydroxylation sites is 1. The second-order valence-corrected chi connectivity index (χ2v) is 5.22. The number of nitrogens with zero attached hydrogens (tertiary/aromatic N) is 1. The maximum atomic E-state index is 11.7. The van der Waals surface area contributed by atoms with Gasteiger partial charge in [-0.3, -0.25) is 14.9 Å². The normalized spacial score (nSPS) is 13.0. The highest BCUT2D eigenvalue weighted by Crippen LogP contribution is 2.31. The van der Waals surface area contributed by atoms with Crippen LogP contribution >= 0.6 is 0 Å². The zero-order valence-corrected chi connectivity index (χ0v) is 13.3. The summed E-state index contributed by atoms with van der Waals surface area (Å²) in [4.78, 5) is 22.4. The first-order valence-corrected chi connectivity index (χ1v) is 7.26. The summed E-state index contributed by atoms with van der Waals surface area (Å²) in [5.74, 6) is 0.161. The number of carbonyl (C=O) groups is 1. The number of nitro groups is 1. The van der Waals surface area contributed by atoms with Crippen molar-refractivity contribution >= 4 is 17.2 Å². The molecule has 0 spiro atoms. The number of nitrogens with one attached hydrogen (secondary N) is 1. The van der Waals surface area contributed by atoms with Gasteiger partial charge in [-0.25, -0.2) is 0 Å². The zero-order chi connectivity index (χ0) is 17.7. The van der Waals surface area contributed by atoms with Crippen molar-refractivity contribution in [3.8, 4) is 5.75 Å². The molecule has 0 amide bonds. The molecule has 0 unspecified atom stereocenters. The molecular weight excluding hydrogens is 312 g/mol. The average Bonchev–Trinajstić information content (AvgIpc) is 2.59. The first-order chi connectivity index (χ1) is 11.4. The SMILES string of the molecule is COc1ccc(N[C@H](c2ccccc2[N+](=O)[O-])[C@@H](O)C(C)=O)cc1. The molecule has 0 fully saturated rings. The maximum absolute atomic E-state index is 11.7. The van der Waals surface area contributed by atoms with Gasteiger partial charge in [0.1, 0.15) is 11.9 Å². The van der Waals surface area contributed by atoms with Crippen molar-refractivity contribution in [3.05, 3.63) is 64.2 Å². The van der Waals surface area contributed by atoms with Gasteiger partial charge in [0.2, 0.25) is 0 Å². The Morgan fingerprint density at radius 2 is 1.83 bits per heavy atom. The van der Waals surface area contributed by atoms with Crippen LogP contribution in [0.3, 0.4) is 0 Å². The molecular formula is C17H18N2O5. The fraction of sp³-hybridized carbons (Fsp3) is 0.235. The maximum Gasteiger partial charge on any atom is 0.274 e. The Hall–Kier alpha value is -2.93. The lowest BCUT2D eigenvalue weighted by Gasteiger charge is -2.24.